The minimum Gasteiger partial charge on any atom is -0.504 e. The average molecular weight is 177 g/mol. The van der Waals surface area contributed by atoms with Gasteiger partial charge in [0.15, 0.2) is 5.75 Å². The molecule has 0 bridgehead atoms. The molecule has 0 aliphatic rings. The van der Waals surface area contributed by atoms with E-state index in [1.807, 2.05) is 4.98 Å². The number of aromatic amines is 1. The van der Waals surface area contributed by atoms with Gasteiger partial charge in [0.2, 0.25) is 5.75 Å². The van der Waals surface area contributed by atoms with Crippen molar-refractivity contribution < 1.29 is 19.0 Å². The summed E-state index contributed by atoms with van der Waals surface area (Å²) < 4.78 is 23.9. The Morgan fingerprint density at radius 3 is 2.42 bits per heavy atom. The van der Waals surface area contributed by atoms with Crippen LogP contribution in [0.3, 0.4) is 0 Å². The highest BCUT2D eigenvalue weighted by Crippen LogP contribution is 2.31. The van der Waals surface area contributed by atoms with Gasteiger partial charge in [-0.05, 0) is 0 Å². The molecule has 0 aromatic carbocycles. The van der Waals surface area contributed by atoms with E-state index in [4.69, 9.17) is 10.2 Å². The zero-order valence-electron chi connectivity index (χ0n) is 5.71. The van der Waals surface area contributed by atoms with Crippen molar-refractivity contribution in [2.75, 3.05) is 0 Å². The number of hydrogen-bond donors (Lipinski definition) is 3. The smallest absolute Gasteiger partial charge is 0.294 e. The van der Waals surface area contributed by atoms with E-state index < -0.39 is 29.0 Å². The first kappa shape index (κ1) is 8.51. The molecular weight excluding hydrogens is 172 g/mol. The van der Waals surface area contributed by atoms with Crippen molar-refractivity contribution in [3.63, 3.8) is 0 Å². The fraction of sp³-hybridized carbons (Fsp3) is 0.167. The number of aromatic hydroxyl groups is 2. The van der Waals surface area contributed by atoms with E-state index in [9.17, 15) is 13.6 Å². The topological polar surface area (TPSA) is 73.3 Å². The lowest BCUT2D eigenvalue weighted by Gasteiger charge is -2.02. The molecule has 0 unspecified atom stereocenters. The number of H-pyrrole nitrogens is 1. The summed E-state index contributed by atoms with van der Waals surface area (Å²) in [6.07, 6.45) is -2.28. The van der Waals surface area contributed by atoms with Gasteiger partial charge in [0, 0.05) is 6.20 Å². The van der Waals surface area contributed by atoms with Crippen molar-refractivity contribution >= 4 is 0 Å². The van der Waals surface area contributed by atoms with Crippen LogP contribution in [-0.2, 0) is 0 Å². The third-order valence-electron chi connectivity index (χ3n) is 1.31. The average Bonchev–Trinajstić information content (AvgIpc) is 2.00. The van der Waals surface area contributed by atoms with Crippen molar-refractivity contribution in [2.45, 2.75) is 6.43 Å². The number of nitrogens with one attached hydrogen (secondary N) is 1. The van der Waals surface area contributed by atoms with E-state index in [2.05, 4.69) is 0 Å². The number of hydrogen-bond acceptors (Lipinski definition) is 3. The molecule has 0 aliphatic carbocycles. The van der Waals surface area contributed by atoms with Gasteiger partial charge in [-0.3, -0.25) is 4.79 Å². The van der Waals surface area contributed by atoms with Gasteiger partial charge in [0.05, 0.1) is 5.56 Å². The van der Waals surface area contributed by atoms with Crippen molar-refractivity contribution in [2.24, 2.45) is 0 Å². The van der Waals surface area contributed by atoms with Gasteiger partial charge in [-0.2, -0.15) is 0 Å². The summed E-state index contributed by atoms with van der Waals surface area (Å²) in [6, 6.07) is 0. The fourth-order valence-electron chi connectivity index (χ4n) is 0.691. The summed E-state index contributed by atoms with van der Waals surface area (Å²) in [6.45, 7) is 0. The molecule has 0 radical (unpaired) electrons. The Bertz CT molecular complexity index is 347. The second-order valence-corrected chi connectivity index (χ2v) is 2.07. The van der Waals surface area contributed by atoms with Crippen LogP contribution >= 0.6 is 0 Å². The van der Waals surface area contributed by atoms with Gasteiger partial charge in [0.25, 0.3) is 12.0 Å². The predicted octanol–water partition coefficient (Wildman–Crippen LogP) is 0.724. The molecule has 1 aromatic heterocycles. The van der Waals surface area contributed by atoms with Crippen molar-refractivity contribution in [1.82, 2.24) is 4.98 Å². The van der Waals surface area contributed by atoms with Crippen LogP contribution in [0.15, 0.2) is 11.0 Å². The molecule has 0 saturated carbocycles. The lowest BCUT2D eigenvalue weighted by molar-refractivity contribution is 0.146. The van der Waals surface area contributed by atoms with Crippen LogP contribution in [0.25, 0.3) is 0 Å². The monoisotopic (exact) mass is 177 g/mol. The zero-order valence-corrected chi connectivity index (χ0v) is 5.71. The number of aromatic nitrogens is 1. The summed E-state index contributed by atoms with van der Waals surface area (Å²) >= 11 is 0. The second-order valence-electron chi connectivity index (χ2n) is 2.07. The molecule has 3 N–H and O–H groups in total. The Kier molecular flexibility index (Phi) is 1.99. The molecule has 0 spiro atoms. The van der Waals surface area contributed by atoms with Gasteiger partial charge in [-0.1, -0.05) is 0 Å². The quantitative estimate of drug-likeness (QED) is 0.591. The number of halogens is 2. The van der Waals surface area contributed by atoms with Crippen LogP contribution in [0, 0.1) is 0 Å². The Hall–Kier alpha value is -1.59. The molecule has 12 heavy (non-hydrogen) atoms. The molecule has 6 heteroatoms. The van der Waals surface area contributed by atoms with Gasteiger partial charge in [-0.25, -0.2) is 8.78 Å². The standard InChI is InChI=1S/C6H5F2NO3/c7-5(8)2-1-9-6(12)4(11)3(2)10/h1,5,11H,(H2,9,10,12). The van der Waals surface area contributed by atoms with Crippen LogP contribution in [0.5, 0.6) is 11.5 Å². The van der Waals surface area contributed by atoms with E-state index in [0.29, 0.717) is 6.20 Å². The second kappa shape index (κ2) is 2.80. The molecule has 1 heterocycles. The van der Waals surface area contributed by atoms with Crippen LogP contribution in [-0.4, -0.2) is 15.2 Å². The minimum atomic E-state index is -2.94. The van der Waals surface area contributed by atoms with Crippen LogP contribution in [0.1, 0.15) is 12.0 Å². The van der Waals surface area contributed by atoms with E-state index in [0.717, 1.165) is 0 Å². The van der Waals surface area contributed by atoms with Crippen LogP contribution in [0.2, 0.25) is 0 Å². The first-order valence-electron chi connectivity index (χ1n) is 2.95. The van der Waals surface area contributed by atoms with Gasteiger partial charge in [-0.15, -0.1) is 0 Å². The largest absolute Gasteiger partial charge is 0.504 e. The predicted molar refractivity (Wildman–Crippen MR) is 35.3 cm³/mol. The lowest BCUT2D eigenvalue weighted by Crippen LogP contribution is -2.05. The molecule has 4 nitrogen and oxygen atoms in total. The molecule has 1 rings (SSSR count). The highest BCUT2D eigenvalue weighted by Gasteiger charge is 2.17. The molecule has 0 fully saturated rings. The SMILES string of the molecule is O=c1[nH]cc(C(F)F)c(O)c1O. The van der Waals surface area contributed by atoms with Crippen LogP contribution in [0.4, 0.5) is 8.78 Å². The lowest BCUT2D eigenvalue weighted by atomic mass is 10.2. The van der Waals surface area contributed by atoms with E-state index in [1.165, 1.54) is 0 Å². The summed E-state index contributed by atoms with van der Waals surface area (Å²) in [7, 11) is 0. The summed E-state index contributed by atoms with van der Waals surface area (Å²) in [5, 5.41) is 17.5. The van der Waals surface area contributed by atoms with Gasteiger partial charge in [0.1, 0.15) is 0 Å². The molecule has 0 aliphatic heterocycles. The molecule has 0 saturated heterocycles. The Morgan fingerprint density at radius 2 is 1.92 bits per heavy atom. The highest BCUT2D eigenvalue weighted by atomic mass is 19.3. The highest BCUT2D eigenvalue weighted by molar-refractivity contribution is 5.41. The zero-order chi connectivity index (χ0) is 9.30. The maximum absolute atomic E-state index is 11.9. The maximum atomic E-state index is 11.9. The normalized spacial score (nSPS) is 10.6. The summed E-state index contributed by atoms with van der Waals surface area (Å²) in [5.74, 6) is -2.17. The molecular formula is C6H5F2NO3. The number of pyridine rings is 1. The first-order valence-corrected chi connectivity index (χ1v) is 2.95. The summed E-state index contributed by atoms with van der Waals surface area (Å²) in [5.41, 5.74) is -1.80. The molecule has 0 atom stereocenters. The first-order chi connectivity index (χ1) is 5.54. The fourth-order valence-corrected chi connectivity index (χ4v) is 0.691. The van der Waals surface area contributed by atoms with Crippen molar-refractivity contribution in [3.8, 4) is 11.5 Å². The molecule has 66 valence electrons. The van der Waals surface area contributed by atoms with Gasteiger partial charge < -0.3 is 15.2 Å². The van der Waals surface area contributed by atoms with Crippen LogP contribution < -0.4 is 5.56 Å². The Morgan fingerprint density at radius 1 is 1.33 bits per heavy atom. The third kappa shape index (κ3) is 1.23. The third-order valence-corrected chi connectivity index (χ3v) is 1.31. The van der Waals surface area contributed by atoms with Gasteiger partial charge >= 0.3 is 0 Å². The molecule has 1 aromatic rings. The summed E-state index contributed by atoms with van der Waals surface area (Å²) in [4.78, 5) is 12.3. The Labute approximate surface area is 65.1 Å². The number of alkyl halides is 2. The van der Waals surface area contributed by atoms with E-state index >= 15 is 0 Å². The minimum absolute atomic E-state index is 0.655. The van der Waals surface area contributed by atoms with Crippen molar-refractivity contribution in [3.05, 3.63) is 22.1 Å². The van der Waals surface area contributed by atoms with E-state index in [-0.39, 0.29) is 0 Å². The Balaban J connectivity index is 3.36. The number of rotatable bonds is 1. The van der Waals surface area contributed by atoms with E-state index in [1.54, 1.807) is 0 Å². The molecule has 0 amide bonds. The maximum Gasteiger partial charge on any atom is 0.294 e. The van der Waals surface area contributed by atoms with Crippen molar-refractivity contribution in [1.29, 1.82) is 0 Å².